The molecule has 0 saturated heterocycles. The Morgan fingerprint density at radius 1 is 0.812 bits per heavy atom. The third-order valence-electron chi connectivity index (χ3n) is 1.59. The van der Waals surface area contributed by atoms with Crippen molar-refractivity contribution < 1.29 is 19.8 Å². The molecule has 0 atom stereocenters. The van der Waals surface area contributed by atoms with E-state index < -0.39 is 0 Å². The molecule has 0 aliphatic heterocycles. The van der Waals surface area contributed by atoms with Crippen LogP contribution in [0.25, 0.3) is 0 Å². The Labute approximate surface area is 104 Å². The number of hydrogen-bond donors (Lipinski definition) is 2. The quantitative estimate of drug-likeness (QED) is 0.376. The van der Waals surface area contributed by atoms with Gasteiger partial charge in [-0.2, -0.15) is 5.53 Å². The van der Waals surface area contributed by atoms with Crippen LogP contribution >= 0.6 is 0 Å². The van der Waals surface area contributed by atoms with Crippen molar-refractivity contribution in [1.82, 2.24) is 0 Å². The van der Waals surface area contributed by atoms with Crippen LogP contribution < -0.4 is 13.4 Å². The Hall–Kier alpha value is -1.42. The van der Waals surface area contributed by atoms with E-state index in [2.05, 4.69) is 71.7 Å². The minimum atomic E-state index is 0.757. The third-order valence-corrected chi connectivity index (χ3v) is 3.43. The number of nitrogens with one attached hydrogen (secondary N) is 1. The Balaban J connectivity index is 0.000000386. The molecule has 87 valence electrons. The first-order valence-electron chi connectivity index (χ1n) is 4.60. The molecule has 0 saturated carbocycles. The van der Waals surface area contributed by atoms with Gasteiger partial charge in [0.05, 0.1) is 0 Å². The van der Waals surface area contributed by atoms with Crippen molar-refractivity contribution in [1.29, 1.82) is 5.53 Å². The summed E-state index contributed by atoms with van der Waals surface area (Å²) in [5.74, 6) is 4.14. The zero-order valence-electron chi connectivity index (χ0n) is 8.60. The van der Waals surface area contributed by atoms with Gasteiger partial charge in [-0.15, -0.1) is 0 Å². The van der Waals surface area contributed by atoms with Crippen LogP contribution in [-0.2, 0) is 19.8 Å². The first kappa shape index (κ1) is 12.6. The Morgan fingerprint density at radius 3 is 1.44 bits per heavy atom. The van der Waals surface area contributed by atoms with Crippen LogP contribution in [0.15, 0.2) is 65.9 Å². The van der Waals surface area contributed by atoms with E-state index in [4.69, 9.17) is 5.53 Å². The fourth-order valence-electron chi connectivity index (χ4n) is 1.00. The molecule has 0 heterocycles. The normalized spacial score (nSPS) is 9.00. The summed E-state index contributed by atoms with van der Waals surface area (Å²) in [6, 6.07) is 21.2. The van der Waals surface area contributed by atoms with Crippen molar-refractivity contribution in [3.8, 4) is 0 Å². The average Bonchev–Trinajstić information content (AvgIpc) is 2.33. The zero-order chi connectivity index (χ0) is 11.6. The number of rotatable bonds is 2. The first-order chi connectivity index (χ1) is 7.86. The van der Waals surface area contributed by atoms with Crippen molar-refractivity contribution in [3.05, 3.63) is 60.7 Å². The number of benzene rings is 2. The second kappa shape index (κ2) is 7.82. The summed E-state index contributed by atoms with van der Waals surface area (Å²) >= 11 is 0.757. The van der Waals surface area contributed by atoms with Crippen LogP contribution in [0, 0.1) is 5.53 Å². The summed E-state index contributed by atoms with van der Waals surface area (Å²) < 4.78 is 2.80. The maximum atomic E-state index is 5.61. The number of nitrogens with zero attached hydrogens (tertiary/aromatic N) is 1. The molecule has 3 nitrogen and oxygen atoms in total. The molecule has 2 aromatic carbocycles. The van der Waals surface area contributed by atoms with Crippen molar-refractivity contribution >= 4 is 7.56 Å². The van der Waals surface area contributed by atoms with Crippen LogP contribution in [-0.4, -0.2) is 0 Å². The second-order valence-electron chi connectivity index (χ2n) is 2.71. The Bertz CT molecular complexity index is 366. The molecule has 0 unspecified atom stereocenters. The van der Waals surface area contributed by atoms with E-state index in [1.165, 1.54) is 7.56 Å². The molecular formula is C12H13AgN3. The van der Waals surface area contributed by atoms with Crippen LogP contribution in [0.2, 0.25) is 0 Å². The van der Waals surface area contributed by atoms with Crippen LogP contribution in [0.5, 0.6) is 0 Å². The summed E-state index contributed by atoms with van der Waals surface area (Å²) in [5, 5.41) is 2.25. The van der Waals surface area contributed by atoms with Crippen molar-refractivity contribution in [2.24, 2.45) is 11.1 Å². The molecule has 2 aromatic rings. The van der Waals surface area contributed by atoms with E-state index in [-0.39, 0.29) is 0 Å². The van der Waals surface area contributed by atoms with Gasteiger partial charge in [-0.25, -0.2) is 0 Å². The van der Waals surface area contributed by atoms with Gasteiger partial charge in [-0.1, -0.05) is 5.22 Å². The summed E-state index contributed by atoms with van der Waals surface area (Å²) in [6.45, 7) is 0. The molecule has 4 heteroatoms. The van der Waals surface area contributed by atoms with E-state index >= 15 is 0 Å². The van der Waals surface area contributed by atoms with Gasteiger partial charge in [0.1, 0.15) is 0 Å². The van der Waals surface area contributed by atoms with E-state index in [0.29, 0.717) is 0 Å². The maximum absolute atomic E-state index is 5.61. The van der Waals surface area contributed by atoms with E-state index in [1.807, 2.05) is 0 Å². The second-order valence-corrected chi connectivity index (χ2v) is 4.79. The summed E-state index contributed by atoms with van der Waals surface area (Å²) in [5.41, 5.74) is 5.61. The summed E-state index contributed by atoms with van der Waals surface area (Å²) in [4.78, 5) is 0. The molecule has 2 rings (SSSR count). The standard InChI is InChI=1S/2C6H5.Ag.H3N3/c2*1-2-4-6-5-3-1;;1-3-2/h2*1-5H;;(H3,1,2). The third kappa shape index (κ3) is 4.89. The van der Waals surface area contributed by atoms with Gasteiger partial charge in [0.25, 0.3) is 0 Å². The van der Waals surface area contributed by atoms with Crippen molar-refractivity contribution in [2.75, 3.05) is 0 Å². The van der Waals surface area contributed by atoms with Gasteiger partial charge in [-0.05, 0) is 0 Å². The average molecular weight is 307 g/mol. The topological polar surface area (TPSA) is 62.2 Å². The van der Waals surface area contributed by atoms with Crippen molar-refractivity contribution in [3.63, 3.8) is 0 Å². The van der Waals surface area contributed by atoms with E-state index in [1.54, 1.807) is 0 Å². The van der Waals surface area contributed by atoms with Gasteiger partial charge in [0.15, 0.2) is 0 Å². The van der Waals surface area contributed by atoms with E-state index in [9.17, 15) is 0 Å². The molecular weight excluding hydrogens is 294 g/mol. The first-order valence-corrected chi connectivity index (χ1v) is 6.09. The molecule has 0 aromatic heterocycles. The Kier molecular flexibility index (Phi) is 6.18. The van der Waals surface area contributed by atoms with E-state index in [0.717, 1.165) is 19.8 Å². The molecule has 0 bridgehead atoms. The van der Waals surface area contributed by atoms with Gasteiger partial charge < -0.3 is 5.84 Å². The predicted octanol–water partition coefficient (Wildman–Crippen LogP) is 1.61. The number of nitrogens with two attached hydrogens (primary N) is 1. The van der Waals surface area contributed by atoms with Crippen molar-refractivity contribution in [2.45, 2.75) is 0 Å². The molecule has 0 fully saturated rings. The van der Waals surface area contributed by atoms with Crippen LogP contribution in [0.3, 0.4) is 0 Å². The number of hydrogen-bond acceptors (Lipinski definition) is 2. The molecule has 0 amide bonds. The summed E-state index contributed by atoms with van der Waals surface area (Å²) in [6.07, 6.45) is 0. The van der Waals surface area contributed by atoms with Crippen LogP contribution in [0.1, 0.15) is 0 Å². The SMILES string of the molecule is N=NN.c1cc[c]([Ag][c]2ccccc2)cc1. The molecule has 0 aliphatic carbocycles. The fourth-order valence-corrected chi connectivity index (χ4v) is 2.56. The predicted molar refractivity (Wildman–Crippen MR) is 61.5 cm³/mol. The van der Waals surface area contributed by atoms with Gasteiger partial charge in [-0.3, -0.25) is 0 Å². The molecule has 0 radical (unpaired) electrons. The van der Waals surface area contributed by atoms with Gasteiger partial charge in [0.2, 0.25) is 0 Å². The molecule has 16 heavy (non-hydrogen) atoms. The molecule has 3 N–H and O–H groups in total. The monoisotopic (exact) mass is 306 g/mol. The minimum absolute atomic E-state index is 0.757. The van der Waals surface area contributed by atoms with Crippen LogP contribution in [0.4, 0.5) is 0 Å². The van der Waals surface area contributed by atoms with Gasteiger partial charge in [0, 0.05) is 0 Å². The van der Waals surface area contributed by atoms with Gasteiger partial charge >= 0.3 is 88.0 Å². The fraction of sp³-hybridized carbons (Fsp3) is 0. The zero-order valence-corrected chi connectivity index (χ0v) is 10.1. The molecule has 0 aliphatic rings. The Morgan fingerprint density at radius 2 is 1.12 bits per heavy atom. The molecule has 0 spiro atoms. The summed E-state index contributed by atoms with van der Waals surface area (Å²) in [7, 11) is 0.